The average Bonchev–Trinajstić information content (AvgIpc) is 2.85. The molecule has 0 aromatic carbocycles. The van der Waals surface area contributed by atoms with Gasteiger partial charge >= 0.3 is 0 Å². The third-order valence-corrected chi connectivity index (χ3v) is 3.90. The molecule has 19 heavy (non-hydrogen) atoms. The average molecular weight is 394 g/mol. The molecule has 0 aliphatic heterocycles. The molecule has 1 saturated carbocycles. The van der Waals surface area contributed by atoms with Crippen molar-refractivity contribution >= 4 is 41.3 Å². The summed E-state index contributed by atoms with van der Waals surface area (Å²) in [5, 5.41) is 9.99. The Kier molecular flexibility index (Phi) is 7.06. The third kappa shape index (κ3) is 5.64. The number of nitrogens with zero attached hydrogens (tertiary/aromatic N) is 2. The molecule has 0 spiro atoms. The van der Waals surface area contributed by atoms with Gasteiger partial charge in [0.25, 0.3) is 0 Å². The summed E-state index contributed by atoms with van der Waals surface area (Å²) in [4.78, 5) is 9.04. The van der Waals surface area contributed by atoms with E-state index in [2.05, 4.69) is 39.8 Å². The Bertz CT molecular complexity index is 419. The summed E-state index contributed by atoms with van der Waals surface area (Å²) in [6, 6.07) is 0.615. The maximum absolute atomic E-state index is 4.59. The fourth-order valence-electron chi connectivity index (χ4n) is 1.82. The Balaban J connectivity index is 0.00000180. The third-order valence-electron chi connectivity index (χ3n) is 3.08. The van der Waals surface area contributed by atoms with Crippen LogP contribution >= 0.6 is 35.3 Å². The van der Waals surface area contributed by atoms with Gasteiger partial charge in [0.1, 0.15) is 0 Å². The molecule has 108 valence electrons. The topological polar surface area (TPSA) is 49.3 Å². The maximum Gasteiger partial charge on any atom is 0.191 e. The van der Waals surface area contributed by atoms with Crippen molar-refractivity contribution in [2.45, 2.75) is 39.7 Å². The molecule has 2 atom stereocenters. The number of nitrogens with one attached hydrogen (secondary N) is 2. The number of guanidine groups is 1. The molecule has 1 aliphatic rings. The van der Waals surface area contributed by atoms with Crippen molar-refractivity contribution in [1.29, 1.82) is 0 Å². The van der Waals surface area contributed by atoms with Crippen LogP contribution in [0.3, 0.4) is 0 Å². The first-order valence-corrected chi connectivity index (χ1v) is 7.53. The minimum Gasteiger partial charge on any atom is -0.357 e. The van der Waals surface area contributed by atoms with Gasteiger partial charge in [-0.05, 0) is 26.2 Å². The molecular formula is C13H23IN4S. The standard InChI is InChI=1S/C13H22N4S.HI/c1-4-14-13(17-12-7-9(12)2)15-6-5-11-8-18-10(3)16-11;/h8-9,12H,4-7H2,1-3H3,(H2,14,15,17);1H. The van der Waals surface area contributed by atoms with Crippen molar-refractivity contribution in [2.24, 2.45) is 10.9 Å². The first-order chi connectivity index (χ1) is 8.69. The monoisotopic (exact) mass is 394 g/mol. The molecule has 0 saturated heterocycles. The van der Waals surface area contributed by atoms with Crippen molar-refractivity contribution in [3.05, 3.63) is 16.1 Å². The van der Waals surface area contributed by atoms with Crippen molar-refractivity contribution in [1.82, 2.24) is 15.6 Å². The number of hydrogen-bond donors (Lipinski definition) is 2. The predicted octanol–water partition coefficient (Wildman–Crippen LogP) is 2.58. The Morgan fingerprint density at radius 1 is 1.58 bits per heavy atom. The highest BCUT2D eigenvalue weighted by molar-refractivity contribution is 14.0. The quantitative estimate of drug-likeness (QED) is 0.459. The molecule has 1 aliphatic carbocycles. The van der Waals surface area contributed by atoms with Crippen LogP contribution in [0.15, 0.2) is 10.4 Å². The van der Waals surface area contributed by atoms with Crippen LogP contribution in [0.5, 0.6) is 0 Å². The van der Waals surface area contributed by atoms with Gasteiger partial charge in [0.15, 0.2) is 5.96 Å². The van der Waals surface area contributed by atoms with E-state index in [0.29, 0.717) is 6.04 Å². The van der Waals surface area contributed by atoms with Crippen molar-refractivity contribution in [3.8, 4) is 0 Å². The number of aromatic nitrogens is 1. The number of halogens is 1. The summed E-state index contributed by atoms with van der Waals surface area (Å²) in [6.45, 7) is 8.09. The molecule has 1 heterocycles. The largest absolute Gasteiger partial charge is 0.357 e. The van der Waals surface area contributed by atoms with E-state index in [9.17, 15) is 0 Å². The Labute approximate surface area is 136 Å². The highest BCUT2D eigenvalue weighted by atomic mass is 127. The molecule has 4 nitrogen and oxygen atoms in total. The van der Waals surface area contributed by atoms with Crippen LogP contribution in [0.4, 0.5) is 0 Å². The summed E-state index contributed by atoms with van der Waals surface area (Å²) in [7, 11) is 0. The first kappa shape index (κ1) is 16.7. The van der Waals surface area contributed by atoms with E-state index < -0.39 is 0 Å². The Hall–Kier alpha value is -0.370. The van der Waals surface area contributed by atoms with Crippen LogP contribution in [-0.4, -0.2) is 30.1 Å². The molecule has 2 rings (SSSR count). The van der Waals surface area contributed by atoms with Gasteiger partial charge in [0.05, 0.1) is 10.7 Å². The number of aryl methyl sites for hydroxylation is 1. The summed E-state index contributed by atoms with van der Waals surface area (Å²) in [6.07, 6.45) is 2.18. The van der Waals surface area contributed by atoms with E-state index in [4.69, 9.17) is 0 Å². The number of thiazole rings is 1. The maximum atomic E-state index is 4.59. The fourth-order valence-corrected chi connectivity index (χ4v) is 2.47. The van der Waals surface area contributed by atoms with Crippen LogP contribution in [0.25, 0.3) is 0 Å². The van der Waals surface area contributed by atoms with Crippen molar-refractivity contribution in [2.75, 3.05) is 13.1 Å². The van der Waals surface area contributed by atoms with E-state index in [-0.39, 0.29) is 24.0 Å². The second-order valence-electron chi connectivity index (χ2n) is 4.83. The van der Waals surface area contributed by atoms with E-state index in [1.54, 1.807) is 11.3 Å². The Morgan fingerprint density at radius 2 is 2.32 bits per heavy atom. The minimum atomic E-state index is 0. The van der Waals surface area contributed by atoms with Gasteiger partial charge in [-0.1, -0.05) is 6.92 Å². The van der Waals surface area contributed by atoms with Gasteiger partial charge in [0, 0.05) is 30.9 Å². The molecule has 1 aromatic rings. The highest BCUT2D eigenvalue weighted by Gasteiger charge is 2.33. The lowest BCUT2D eigenvalue weighted by Crippen LogP contribution is -2.39. The second-order valence-corrected chi connectivity index (χ2v) is 5.89. The normalized spacial score (nSPS) is 21.7. The van der Waals surface area contributed by atoms with E-state index in [0.717, 1.165) is 42.1 Å². The zero-order valence-electron chi connectivity index (χ0n) is 11.8. The smallest absolute Gasteiger partial charge is 0.191 e. The molecule has 1 aromatic heterocycles. The lowest BCUT2D eigenvalue weighted by atomic mass is 10.3. The van der Waals surface area contributed by atoms with Crippen LogP contribution < -0.4 is 10.6 Å². The molecule has 0 radical (unpaired) electrons. The lowest BCUT2D eigenvalue weighted by Gasteiger charge is -2.10. The number of rotatable bonds is 5. The van der Waals surface area contributed by atoms with Crippen molar-refractivity contribution < 1.29 is 0 Å². The molecule has 0 bridgehead atoms. The van der Waals surface area contributed by atoms with Gasteiger partial charge in [-0.25, -0.2) is 4.98 Å². The lowest BCUT2D eigenvalue weighted by molar-refractivity contribution is 0.764. The SMILES string of the molecule is CCNC(=NCCc1csc(C)n1)NC1CC1C.I. The van der Waals surface area contributed by atoms with Crippen LogP contribution in [0, 0.1) is 12.8 Å². The van der Waals surface area contributed by atoms with Gasteiger partial charge in [-0.3, -0.25) is 4.99 Å². The predicted molar refractivity (Wildman–Crippen MR) is 92.7 cm³/mol. The molecule has 1 fully saturated rings. The van der Waals surface area contributed by atoms with Crippen LogP contribution in [0.1, 0.15) is 31.0 Å². The van der Waals surface area contributed by atoms with Crippen LogP contribution in [-0.2, 0) is 6.42 Å². The summed E-state index contributed by atoms with van der Waals surface area (Å²) < 4.78 is 0. The van der Waals surface area contributed by atoms with E-state index in [1.807, 2.05) is 6.92 Å². The molecule has 2 N–H and O–H groups in total. The zero-order chi connectivity index (χ0) is 13.0. The highest BCUT2D eigenvalue weighted by Crippen LogP contribution is 2.28. The van der Waals surface area contributed by atoms with Crippen molar-refractivity contribution in [3.63, 3.8) is 0 Å². The number of aliphatic imine (C=N–C) groups is 1. The summed E-state index contributed by atoms with van der Waals surface area (Å²) in [5.41, 5.74) is 1.15. The van der Waals surface area contributed by atoms with Gasteiger partial charge in [-0.15, -0.1) is 35.3 Å². The number of hydrogen-bond acceptors (Lipinski definition) is 3. The first-order valence-electron chi connectivity index (χ1n) is 6.65. The zero-order valence-corrected chi connectivity index (χ0v) is 14.9. The summed E-state index contributed by atoms with van der Waals surface area (Å²) >= 11 is 1.70. The van der Waals surface area contributed by atoms with E-state index in [1.165, 1.54) is 6.42 Å². The Morgan fingerprint density at radius 3 is 2.84 bits per heavy atom. The molecule has 0 amide bonds. The molecule has 6 heteroatoms. The second kappa shape index (κ2) is 8.04. The van der Waals surface area contributed by atoms with Gasteiger partial charge in [0.2, 0.25) is 0 Å². The molecule has 2 unspecified atom stereocenters. The fraction of sp³-hybridized carbons (Fsp3) is 0.692. The van der Waals surface area contributed by atoms with Gasteiger partial charge in [-0.2, -0.15) is 0 Å². The van der Waals surface area contributed by atoms with E-state index >= 15 is 0 Å². The molecular weight excluding hydrogens is 371 g/mol. The minimum absolute atomic E-state index is 0. The summed E-state index contributed by atoms with van der Waals surface area (Å²) in [5.74, 6) is 1.73. The van der Waals surface area contributed by atoms with Crippen LogP contribution in [0.2, 0.25) is 0 Å². The van der Waals surface area contributed by atoms with Gasteiger partial charge < -0.3 is 10.6 Å².